The molecule has 1 fully saturated rings. The molecular formula is C13H17N3. The van der Waals surface area contributed by atoms with Gasteiger partial charge < -0.3 is 4.90 Å². The topological polar surface area (TPSA) is 39.9 Å². The van der Waals surface area contributed by atoms with Crippen LogP contribution in [0, 0.1) is 17.2 Å². The van der Waals surface area contributed by atoms with Crippen molar-refractivity contribution in [3.05, 3.63) is 24.0 Å². The van der Waals surface area contributed by atoms with Crippen LogP contribution in [-0.2, 0) is 0 Å². The number of aromatic nitrogens is 1. The van der Waals surface area contributed by atoms with Gasteiger partial charge in [-0.15, -0.1) is 0 Å². The number of nitriles is 1. The molecule has 1 saturated heterocycles. The van der Waals surface area contributed by atoms with Crippen molar-refractivity contribution in [1.82, 2.24) is 4.98 Å². The third-order valence-corrected chi connectivity index (χ3v) is 3.32. The first-order valence-corrected chi connectivity index (χ1v) is 5.84. The number of anilines is 1. The largest absolute Gasteiger partial charge is 0.366 e. The maximum Gasteiger partial charge on any atom is 0.163 e. The number of rotatable bonds is 1. The van der Waals surface area contributed by atoms with E-state index in [4.69, 9.17) is 5.26 Å². The van der Waals surface area contributed by atoms with E-state index in [1.807, 2.05) is 12.1 Å². The van der Waals surface area contributed by atoms with Crippen LogP contribution >= 0.6 is 0 Å². The van der Waals surface area contributed by atoms with Crippen molar-refractivity contribution >= 4 is 5.69 Å². The lowest BCUT2D eigenvalue weighted by atomic mass is 9.94. The van der Waals surface area contributed by atoms with Crippen molar-refractivity contribution in [2.75, 3.05) is 11.4 Å². The van der Waals surface area contributed by atoms with Crippen LogP contribution in [0.5, 0.6) is 0 Å². The van der Waals surface area contributed by atoms with Crippen LogP contribution in [0.4, 0.5) is 5.69 Å². The molecule has 84 valence electrons. The Hall–Kier alpha value is -1.56. The molecule has 0 bridgehead atoms. The van der Waals surface area contributed by atoms with Crippen LogP contribution in [0.3, 0.4) is 0 Å². The van der Waals surface area contributed by atoms with Gasteiger partial charge in [0, 0.05) is 18.8 Å². The molecule has 1 aliphatic rings. The quantitative estimate of drug-likeness (QED) is 0.723. The first kappa shape index (κ1) is 10.9. The third-order valence-electron chi connectivity index (χ3n) is 3.32. The predicted molar refractivity (Wildman–Crippen MR) is 64.2 cm³/mol. The molecule has 0 aliphatic carbocycles. The zero-order valence-corrected chi connectivity index (χ0v) is 9.85. The molecule has 0 saturated carbocycles. The molecule has 2 heterocycles. The fourth-order valence-corrected chi connectivity index (χ4v) is 2.34. The number of piperidine rings is 1. The Kier molecular flexibility index (Phi) is 3.09. The summed E-state index contributed by atoms with van der Waals surface area (Å²) < 4.78 is 0. The molecule has 0 N–H and O–H groups in total. The second-order valence-electron chi connectivity index (χ2n) is 4.67. The molecule has 16 heavy (non-hydrogen) atoms. The number of nitrogens with zero attached hydrogens (tertiary/aromatic N) is 3. The van der Waals surface area contributed by atoms with Crippen LogP contribution in [0.25, 0.3) is 0 Å². The number of pyridine rings is 1. The van der Waals surface area contributed by atoms with E-state index in [-0.39, 0.29) is 0 Å². The Labute approximate surface area is 96.7 Å². The lowest BCUT2D eigenvalue weighted by Gasteiger charge is -2.38. The smallest absolute Gasteiger partial charge is 0.163 e. The van der Waals surface area contributed by atoms with Gasteiger partial charge in [0.15, 0.2) is 5.69 Å². The first-order chi connectivity index (χ1) is 7.72. The van der Waals surface area contributed by atoms with Gasteiger partial charge in [-0.1, -0.05) is 6.92 Å². The summed E-state index contributed by atoms with van der Waals surface area (Å²) in [5.41, 5.74) is 1.53. The van der Waals surface area contributed by atoms with Crippen molar-refractivity contribution in [3.8, 4) is 6.07 Å². The Morgan fingerprint density at radius 1 is 1.44 bits per heavy atom. The zero-order chi connectivity index (χ0) is 11.5. The monoisotopic (exact) mass is 215 g/mol. The summed E-state index contributed by atoms with van der Waals surface area (Å²) in [6.45, 7) is 5.52. The van der Waals surface area contributed by atoms with E-state index >= 15 is 0 Å². The molecule has 0 aromatic carbocycles. The summed E-state index contributed by atoms with van der Waals surface area (Å²) in [5.74, 6) is 0.697. The Bertz CT molecular complexity index is 408. The Balaban J connectivity index is 2.32. The van der Waals surface area contributed by atoms with E-state index in [1.54, 1.807) is 6.20 Å². The second kappa shape index (κ2) is 4.52. The standard InChI is InChI=1S/C13H17N3/c1-10-5-6-11(2)16(9-10)13-4-3-7-15-12(13)8-14/h3-4,7,10-11H,5-6,9H2,1-2H3. The van der Waals surface area contributed by atoms with Crippen molar-refractivity contribution in [1.29, 1.82) is 5.26 Å². The van der Waals surface area contributed by atoms with Crippen molar-refractivity contribution in [2.24, 2.45) is 5.92 Å². The van der Waals surface area contributed by atoms with Crippen molar-refractivity contribution in [3.63, 3.8) is 0 Å². The van der Waals surface area contributed by atoms with E-state index in [2.05, 4.69) is 29.8 Å². The fraction of sp³-hybridized carbons (Fsp3) is 0.538. The Morgan fingerprint density at radius 3 is 3.00 bits per heavy atom. The molecule has 0 spiro atoms. The average Bonchev–Trinajstić information content (AvgIpc) is 2.32. The van der Waals surface area contributed by atoms with Crippen LogP contribution < -0.4 is 4.90 Å². The van der Waals surface area contributed by atoms with Crippen LogP contribution in [0.15, 0.2) is 18.3 Å². The molecule has 2 atom stereocenters. The van der Waals surface area contributed by atoms with Gasteiger partial charge in [-0.2, -0.15) is 5.26 Å². The highest BCUT2D eigenvalue weighted by Crippen LogP contribution is 2.28. The van der Waals surface area contributed by atoms with Gasteiger partial charge in [-0.25, -0.2) is 4.98 Å². The van der Waals surface area contributed by atoms with Gasteiger partial charge in [0.1, 0.15) is 6.07 Å². The minimum Gasteiger partial charge on any atom is -0.366 e. The molecule has 1 aromatic heterocycles. The third kappa shape index (κ3) is 2.01. The van der Waals surface area contributed by atoms with E-state index in [9.17, 15) is 0 Å². The second-order valence-corrected chi connectivity index (χ2v) is 4.67. The molecule has 2 unspecified atom stereocenters. The van der Waals surface area contributed by atoms with Crippen molar-refractivity contribution < 1.29 is 0 Å². The SMILES string of the molecule is CC1CCC(C)N(c2cccnc2C#N)C1. The summed E-state index contributed by atoms with van der Waals surface area (Å²) >= 11 is 0. The normalized spacial score (nSPS) is 25.2. The lowest BCUT2D eigenvalue weighted by molar-refractivity contribution is 0.390. The summed E-state index contributed by atoms with van der Waals surface area (Å²) in [6, 6.07) is 6.59. The molecule has 0 amide bonds. The summed E-state index contributed by atoms with van der Waals surface area (Å²) in [4.78, 5) is 6.45. The maximum atomic E-state index is 9.06. The maximum absolute atomic E-state index is 9.06. The minimum atomic E-state index is 0.507. The van der Waals surface area contributed by atoms with E-state index < -0.39 is 0 Å². The highest BCUT2D eigenvalue weighted by molar-refractivity contribution is 5.56. The summed E-state index contributed by atoms with van der Waals surface area (Å²) in [6.07, 6.45) is 4.15. The fourth-order valence-electron chi connectivity index (χ4n) is 2.34. The summed E-state index contributed by atoms with van der Waals surface area (Å²) in [5, 5.41) is 9.06. The summed E-state index contributed by atoms with van der Waals surface area (Å²) in [7, 11) is 0. The molecule has 2 rings (SSSR count). The molecule has 1 aliphatic heterocycles. The molecule has 3 heteroatoms. The average molecular weight is 215 g/mol. The van der Waals surface area contributed by atoms with Crippen LogP contribution in [0.1, 0.15) is 32.4 Å². The molecular weight excluding hydrogens is 198 g/mol. The van der Waals surface area contributed by atoms with Gasteiger partial charge in [-0.3, -0.25) is 0 Å². The lowest BCUT2D eigenvalue weighted by Crippen LogP contribution is -2.41. The van der Waals surface area contributed by atoms with Gasteiger partial charge in [-0.05, 0) is 37.8 Å². The van der Waals surface area contributed by atoms with Gasteiger partial charge in [0.05, 0.1) is 5.69 Å². The molecule has 1 aromatic rings. The van der Waals surface area contributed by atoms with Crippen molar-refractivity contribution in [2.45, 2.75) is 32.7 Å². The first-order valence-electron chi connectivity index (χ1n) is 5.84. The minimum absolute atomic E-state index is 0.507. The number of hydrogen-bond acceptors (Lipinski definition) is 3. The van der Waals surface area contributed by atoms with Gasteiger partial charge in [0.25, 0.3) is 0 Å². The zero-order valence-electron chi connectivity index (χ0n) is 9.85. The number of hydrogen-bond donors (Lipinski definition) is 0. The predicted octanol–water partition coefficient (Wildman–Crippen LogP) is 2.58. The van der Waals surface area contributed by atoms with Crippen LogP contribution in [0.2, 0.25) is 0 Å². The highest BCUT2D eigenvalue weighted by atomic mass is 15.2. The highest BCUT2D eigenvalue weighted by Gasteiger charge is 2.24. The van der Waals surface area contributed by atoms with Gasteiger partial charge in [0.2, 0.25) is 0 Å². The molecule has 3 nitrogen and oxygen atoms in total. The van der Waals surface area contributed by atoms with Gasteiger partial charge >= 0.3 is 0 Å². The van der Waals surface area contributed by atoms with E-state index in [0.29, 0.717) is 17.7 Å². The van der Waals surface area contributed by atoms with E-state index in [1.165, 1.54) is 12.8 Å². The van der Waals surface area contributed by atoms with Crippen LogP contribution in [-0.4, -0.2) is 17.6 Å². The Morgan fingerprint density at radius 2 is 2.25 bits per heavy atom. The molecule has 0 radical (unpaired) electrons. The van der Waals surface area contributed by atoms with E-state index in [0.717, 1.165) is 12.2 Å².